The average molecular weight is 167 g/mol. The SMILES string of the molecule is CC(C)Cc1cc(O)nc(N)n1. The Bertz CT molecular complexity index is 253. The average Bonchev–Trinajstić information content (AvgIpc) is 1.81. The van der Waals surface area contributed by atoms with Crippen LogP contribution in [0.2, 0.25) is 0 Å². The summed E-state index contributed by atoms with van der Waals surface area (Å²) in [5, 5.41) is 9.08. The molecule has 12 heavy (non-hydrogen) atoms. The van der Waals surface area contributed by atoms with Crippen LogP contribution in [0.15, 0.2) is 6.07 Å². The minimum Gasteiger partial charge on any atom is -0.493 e. The monoisotopic (exact) mass is 167 g/mol. The Morgan fingerprint density at radius 2 is 2.17 bits per heavy atom. The second-order valence-electron chi connectivity index (χ2n) is 3.17. The molecule has 4 heteroatoms. The lowest BCUT2D eigenvalue weighted by atomic mass is 10.1. The highest BCUT2D eigenvalue weighted by Crippen LogP contribution is 2.11. The molecule has 0 aliphatic carbocycles. The molecule has 0 atom stereocenters. The molecule has 0 bridgehead atoms. The van der Waals surface area contributed by atoms with Crippen molar-refractivity contribution in [1.29, 1.82) is 0 Å². The molecule has 4 nitrogen and oxygen atoms in total. The van der Waals surface area contributed by atoms with Gasteiger partial charge >= 0.3 is 0 Å². The van der Waals surface area contributed by atoms with E-state index in [-0.39, 0.29) is 11.8 Å². The number of anilines is 1. The Labute approximate surface area is 71.5 Å². The van der Waals surface area contributed by atoms with E-state index in [2.05, 4.69) is 23.8 Å². The normalized spacial score (nSPS) is 10.6. The number of nitrogen functional groups attached to an aromatic ring is 1. The zero-order chi connectivity index (χ0) is 9.14. The lowest BCUT2D eigenvalue weighted by molar-refractivity contribution is 0.451. The first-order chi connectivity index (χ1) is 5.58. The van der Waals surface area contributed by atoms with Gasteiger partial charge in [-0.25, -0.2) is 4.98 Å². The van der Waals surface area contributed by atoms with Crippen molar-refractivity contribution >= 4 is 5.95 Å². The van der Waals surface area contributed by atoms with Crippen LogP contribution in [-0.2, 0) is 6.42 Å². The van der Waals surface area contributed by atoms with Gasteiger partial charge in [0, 0.05) is 6.07 Å². The van der Waals surface area contributed by atoms with Crippen molar-refractivity contribution in [2.75, 3.05) is 5.73 Å². The highest BCUT2D eigenvalue weighted by molar-refractivity contribution is 5.25. The van der Waals surface area contributed by atoms with Crippen LogP contribution in [-0.4, -0.2) is 15.1 Å². The zero-order valence-corrected chi connectivity index (χ0v) is 7.28. The summed E-state index contributed by atoms with van der Waals surface area (Å²) < 4.78 is 0. The number of aromatic hydroxyl groups is 1. The molecule has 0 aromatic carbocycles. The number of hydrogen-bond acceptors (Lipinski definition) is 4. The largest absolute Gasteiger partial charge is 0.493 e. The third kappa shape index (κ3) is 2.38. The van der Waals surface area contributed by atoms with Crippen molar-refractivity contribution in [3.05, 3.63) is 11.8 Å². The molecular weight excluding hydrogens is 154 g/mol. The maximum Gasteiger partial charge on any atom is 0.223 e. The standard InChI is InChI=1S/C8H13N3O/c1-5(2)3-6-4-7(12)11-8(9)10-6/h4-5H,3H2,1-2H3,(H3,9,10,11,12). The predicted molar refractivity (Wildman–Crippen MR) is 46.7 cm³/mol. The van der Waals surface area contributed by atoms with E-state index in [1.54, 1.807) is 0 Å². The smallest absolute Gasteiger partial charge is 0.223 e. The van der Waals surface area contributed by atoms with Crippen LogP contribution in [0.3, 0.4) is 0 Å². The molecule has 66 valence electrons. The molecule has 0 aliphatic heterocycles. The van der Waals surface area contributed by atoms with Gasteiger partial charge in [0.25, 0.3) is 0 Å². The fourth-order valence-electron chi connectivity index (χ4n) is 1.03. The molecule has 3 N–H and O–H groups in total. The molecule has 0 radical (unpaired) electrons. The number of aromatic nitrogens is 2. The van der Waals surface area contributed by atoms with Gasteiger partial charge in [-0.1, -0.05) is 13.8 Å². The summed E-state index contributed by atoms with van der Waals surface area (Å²) in [5.74, 6) is 0.572. The van der Waals surface area contributed by atoms with Gasteiger partial charge in [0.05, 0.1) is 5.69 Å². The van der Waals surface area contributed by atoms with Crippen LogP contribution < -0.4 is 5.73 Å². The van der Waals surface area contributed by atoms with Crippen LogP contribution in [0, 0.1) is 5.92 Å². The Hall–Kier alpha value is -1.32. The summed E-state index contributed by atoms with van der Waals surface area (Å²) in [6.45, 7) is 4.16. The van der Waals surface area contributed by atoms with Crippen LogP contribution in [0.5, 0.6) is 5.88 Å². The van der Waals surface area contributed by atoms with E-state index >= 15 is 0 Å². The number of nitrogens with zero attached hydrogens (tertiary/aromatic N) is 2. The van der Waals surface area contributed by atoms with Gasteiger partial charge in [0.2, 0.25) is 11.8 Å². The van der Waals surface area contributed by atoms with Crippen LogP contribution in [0.4, 0.5) is 5.95 Å². The highest BCUT2D eigenvalue weighted by Gasteiger charge is 2.02. The van der Waals surface area contributed by atoms with E-state index in [1.165, 1.54) is 6.07 Å². The van der Waals surface area contributed by atoms with Crippen molar-refractivity contribution in [3.63, 3.8) is 0 Å². The minimum atomic E-state index is -0.0573. The fraction of sp³-hybridized carbons (Fsp3) is 0.500. The number of hydrogen-bond donors (Lipinski definition) is 2. The minimum absolute atomic E-state index is 0.0573. The second-order valence-corrected chi connectivity index (χ2v) is 3.17. The summed E-state index contributed by atoms with van der Waals surface area (Å²) in [6, 6.07) is 1.54. The first-order valence-corrected chi connectivity index (χ1v) is 3.90. The molecule has 1 rings (SSSR count). The molecule has 0 amide bonds. The Kier molecular flexibility index (Phi) is 2.47. The maximum absolute atomic E-state index is 9.08. The van der Waals surface area contributed by atoms with Gasteiger partial charge < -0.3 is 10.8 Å². The van der Waals surface area contributed by atoms with E-state index in [1.807, 2.05) is 0 Å². The van der Waals surface area contributed by atoms with Gasteiger partial charge in [-0.15, -0.1) is 0 Å². The molecule has 1 aromatic rings. The van der Waals surface area contributed by atoms with E-state index in [0.717, 1.165) is 12.1 Å². The van der Waals surface area contributed by atoms with Crippen molar-refractivity contribution < 1.29 is 5.11 Å². The summed E-state index contributed by atoms with van der Waals surface area (Å²) in [7, 11) is 0. The van der Waals surface area contributed by atoms with Crippen LogP contribution in [0.1, 0.15) is 19.5 Å². The van der Waals surface area contributed by atoms with Crippen LogP contribution >= 0.6 is 0 Å². The van der Waals surface area contributed by atoms with Crippen molar-refractivity contribution in [2.45, 2.75) is 20.3 Å². The Balaban J connectivity index is 2.85. The van der Waals surface area contributed by atoms with Crippen LogP contribution in [0.25, 0.3) is 0 Å². The van der Waals surface area contributed by atoms with E-state index in [0.29, 0.717) is 5.92 Å². The topological polar surface area (TPSA) is 72.0 Å². The zero-order valence-electron chi connectivity index (χ0n) is 7.28. The van der Waals surface area contributed by atoms with Gasteiger partial charge in [-0.3, -0.25) is 0 Å². The third-order valence-electron chi connectivity index (χ3n) is 1.40. The molecule has 0 fully saturated rings. The van der Waals surface area contributed by atoms with E-state index in [9.17, 15) is 0 Å². The summed E-state index contributed by atoms with van der Waals surface area (Å²) in [4.78, 5) is 7.54. The summed E-state index contributed by atoms with van der Waals surface area (Å²) >= 11 is 0. The van der Waals surface area contributed by atoms with Gasteiger partial charge in [0.15, 0.2) is 0 Å². The first kappa shape index (κ1) is 8.77. The summed E-state index contributed by atoms with van der Waals surface area (Å²) in [6.07, 6.45) is 0.806. The quantitative estimate of drug-likeness (QED) is 0.688. The number of rotatable bonds is 2. The molecular formula is C8H13N3O. The lowest BCUT2D eigenvalue weighted by Crippen LogP contribution is -2.02. The fourth-order valence-corrected chi connectivity index (χ4v) is 1.03. The molecule has 0 unspecified atom stereocenters. The molecule has 0 saturated heterocycles. The van der Waals surface area contributed by atoms with E-state index < -0.39 is 0 Å². The van der Waals surface area contributed by atoms with Gasteiger partial charge in [-0.05, 0) is 12.3 Å². The van der Waals surface area contributed by atoms with Crippen molar-refractivity contribution in [3.8, 4) is 5.88 Å². The molecule has 1 heterocycles. The second kappa shape index (κ2) is 3.38. The Morgan fingerprint density at radius 3 is 2.67 bits per heavy atom. The third-order valence-corrected chi connectivity index (χ3v) is 1.40. The molecule has 1 aromatic heterocycles. The van der Waals surface area contributed by atoms with Crippen molar-refractivity contribution in [2.24, 2.45) is 5.92 Å². The van der Waals surface area contributed by atoms with Gasteiger partial charge in [0.1, 0.15) is 0 Å². The first-order valence-electron chi connectivity index (χ1n) is 3.90. The molecule has 0 aliphatic rings. The van der Waals surface area contributed by atoms with Gasteiger partial charge in [-0.2, -0.15) is 4.98 Å². The molecule has 0 saturated carbocycles. The number of nitrogens with two attached hydrogens (primary N) is 1. The van der Waals surface area contributed by atoms with Crippen molar-refractivity contribution in [1.82, 2.24) is 9.97 Å². The maximum atomic E-state index is 9.08. The Morgan fingerprint density at radius 1 is 1.50 bits per heavy atom. The van der Waals surface area contributed by atoms with E-state index in [4.69, 9.17) is 10.8 Å². The summed E-state index contributed by atoms with van der Waals surface area (Å²) in [5.41, 5.74) is 6.14. The predicted octanol–water partition coefficient (Wildman–Crippen LogP) is 0.963. The lowest BCUT2D eigenvalue weighted by Gasteiger charge is -2.04. The molecule has 0 spiro atoms. The highest BCUT2D eigenvalue weighted by atomic mass is 16.3.